The molecule has 0 unspecified atom stereocenters. The van der Waals surface area contributed by atoms with E-state index in [1.54, 1.807) is 23.0 Å². The zero-order valence-electron chi connectivity index (χ0n) is 21.6. The van der Waals surface area contributed by atoms with Crippen molar-refractivity contribution in [3.05, 3.63) is 126 Å². The third-order valence-corrected chi connectivity index (χ3v) is 6.60. The normalized spacial score (nSPS) is 11.0. The Morgan fingerprint density at radius 3 is 2.32 bits per heavy atom. The van der Waals surface area contributed by atoms with Crippen LogP contribution >= 0.6 is 0 Å². The number of pyridine rings is 1. The van der Waals surface area contributed by atoms with Crippen LogP contribution in [0, 0.1) is 23.0 Å². The average molecular weight is 545 g/mol. The zero-order valence-corrected chi connectivity index (χ0v) is 21.6. The highest BCUT2D eigenvalue weighted by Crippen LogP contribution is 2.33. The van der Waals surface area contributed by atoms with Crippen LogP contribution in [0.2, 0.25) is 0 Å². The van der Waals surface area contributed by atoms with Crippen LogP contribution < -0.4 is 10.6 Å². The second kappa shape index (κ2) is 10.8. The van der Waals surface area contributed by atoms with Gasteiger partial charge in [-0.25, -0.2) is 23.4 Å². The van der Waals surface area contributed by atoms with Crippen molar-refractivity contribution in [3.63, 3.8) is 0 Å². The number of nitrogen functional groups attached to an aromatic ring is 1. The molecule has 0 saturated carbocycles. The highest BCUT2D eigenvalue weighted by molar-refractivity contribution is 5.91. The van der Waals surface area contributed by atoms with E-state index < -0.39 is 11.6 Å². The molecule has 3 aromatic heterocycles. The highest BCUT2D eigenvalue weighted by atomic mass is 19.2. The molecule has 0 saturated heterocycles. The number of hydrogen-bond donors (Lipinski definition) is 1. The van der Waals surface area contributed by atoms with Crippen molar-refractivity contribution in [3.8, 4) is 17.3 Å². The van der Waals surface area contributed by atoms with E-state index in [9.17, 15) is 14.0 Å². The number of halogens is 2. The molecule has 6 rings (SSSR count). The third-order valence-electron chi connectivity index (χ3n) is 6.60. The number of para-hydroxylation sites is 1. The summed E-state index contributed by atoms with van der Waals surface area (Å²) >= 11 is 0. The van der Waals surface area contributed by atoms with Crippen LogP contribution in [0.4, 0.5) is 26.1 Å². The molecule has 0 amide bonds. The molecule has 0 fully saturated rings. The number of nitriles is 1. The van der Waals surface area contributed by atoms with Gasteiger partial charge in [-0.05, 0) is 41.5 Å². The van der Waals surface area contributed by atoms with Gasteiger partial charge in [0.1, 0.15) is 11.9 Å². The standard InChI is InChI=1S/C31H22F2N8/c32-26-11-8-21(13-27(26)33)18-40(24-4-2-1-3-5-24)31-25-12-22(14-34)15-38-30(25)41(39-31)19-20-6-9-23(10-7-20)28-16-37-29(35)17-36-28/h1-13,15-17H,18-19H2,(H2,35,37). The summed E-state index contributed by atoms with van der Waals surface area (Å²) in [5, 5.41) is 15.2. The lowest BCUT2D eigenvalue weighted by atomic mass is 10.1. The van der Waals surface area contributed by atoms with E-state index in [0.29, 0.717) is 46.0 Å². The summed E-state index contributed by atoms with van der Waals surface area (Å²) in [5.41, 5.74) is 10.5. The summed E-state index contributed by atoms with van der Waals surface area (Å²) in [6, 6.07) is 25.0. The quantitative estimate of drug-likeness (QED) is 0.262. The first kappa shape index (κ1) is 25.6. The maximum Gasteiger partial charge on any atom is 0.165 e. The summed E-state index contributed by atoms with van der Waals surface area (Å²) in [6.45, 7) is 0.609. The van der Waals surface area contributed by atoms with Crippen molar-refractivity contribution in [2.75, 3.05) is 10.6 Å². The fraction of sp³-hybridized carbons (Fsp3) is 0.0645. The Bertz CT molecular complexity index is 1880. The molecule has 0 bridgehead atoms. The number of aromatic nitrogens is 5. The van der Waals surface area contributed by atoms with E-state index in [4.69, 9.17) is 10.8 Å². The number of fused-ring (bicyclic) bond motifs is 1. The molecule has 200 valence electrons. The fourth-order valence-corrected chi connectivity index (χ4v) is 4.57. The highest BCUT2D eigenvalue weighted by Gasteiger charge is 2.21. The van der Waals surface area contributed by atoms with Gasteiger partial charge in [0.2, 0.25) is 0 Å². The summed E-state index contributed by atoms with van der Waals surface area (Å²) in [7, 11) is 0. The maximum absolute atomic E-state index is 14.1. The second-order valence-electron chi connectivity index (χ2n) is 9.38. The first-order valence-electron chi connectivity index (χ1n) is 12.7. The predicted molar refractivity (Wildman–Crippen MR) is 152 cm³/mol. The lowest BCUT2D eigenvalue weighted by molar-refractivity contribution is 0.507. The van der Waals surface area contributed by atoms with Gasteiger partial charge in [0.25, 0.3) is 0 Å². The summed E-state index contributed by atoms with van der Waals surface area (Å²) in [5.74, 6) is -0.943. The Morgan fingerprint density at radius 2 is 1.61 bits per heavy atom. The number of rotatable bonds is 7. The maximum atomic E-state index is 14.1. The van der Waals surface area contributed by atoms with Gasteiger partial charge in [-0.3, -0.25) is 4.98 Å². The lowest BCUT2D eigenvalue weighted by Gasteiger charge is -2.23. The van der Waals surface area contributed by atoms with E-state index >= 15 is 0 Å². The first-order valence-corrected chi connectivity index (χ1v) is 12.7. The van der Waals surface area contributed by atoms with Crippen molar-refractivity contribution in [2.24, 2.45) is 0 Å². The summed E-state index contributed by atoms with van der Waals surface area (Å²) in [6.07, 6.45) is 4.65. The van der Waals surface area contributed by atoms with E-state index in [-0.39, 0.29) is 6.54 Å². The van der Waals surface area contributed by atoms with Gasteiger partial charge in [-0.1, -0.05) is 48.5 Å². The Balaban J connectivity index is 1.41. The third kappa shape index (κ3) is 5.29. The molecule has 8 nitrogen and oxygen atoms in total. The van der Waals surface area contributed by atoms with Crippen molar-refractivity contribution < 1.29 is 8.78 Å². The molecule has 6 aromatic rings. The number of anilines is 3. The molecule has 3 heterocycles. The van der Waals surface area contributed by atoms with Gasteiger partial charge in [-0.2, -0.15) is 10.4 Å². The molecule has 0 radical (unpaired) electrons. The van der Waals surface area contributed by atoms with E-state index in [0.717, 1.165) is 22.9 Å². The minimum Gasteiger partial charge on any atom is -0.382 e. The number of nitrogens with two attached hydrogens (primary N) is 1. The van der Waals surface area contributed by atoms with Crippen LogP contribution in [0.1, 0.15) is 16.7 Å². The number of benzene rings is 3. The van der Waals surface area contributed by atoms with Crippen LogP contribution in [0.5, 0.6) is 0 Å². The molecule has 0 aliphatic carbocycles. The van der Waals surface area contributed by atoms with Crippen LogP contribution in [0.15, 0.2) is 97.5 Å². The molecule has 2 N–H and O–H groups in total. The summed E-state index contributed by atoms with van der Waals surface area (Å²) < 4.78 is 29.6. The molecule has 10 heteroatoms. The van der Waals surface area contributed by atoms with Crippen molar-refractivity contribution in [2.45, 2.75) is 13.1 Å². The van der Waals surface area contributed by atoms with Gasteiger partial charge in [0.15, 0.2) is 23.1 Å². The SMILES string of the molecule is N#Cc1cnc2c(c1)c(N(Cc1ccc(F)c(F)c1)c1ccccc1)nn2Cc1ccc(-c2cnc(N)cn2)cc1. The zero-order chi connectivity index (χ0) is 28.3. The van der Waals surface area contributed by atoms with E-state index in [2.05, 4.69) is 21.0 Å². The molecule has 0 spiro atoms. The first-order chi connectivity index (χ1) is 20.0. The largest absolute Gasteiger partial charge is 0.382 e. The van der Waals surface area contributed by atoms with Crippen LogP contribution in [0.25, 0.3) is 22.3 Å². The Labute approximate surface area is 234 Å². The van der Waals surface area contributed by atoms with Gasteiger partial charge >= 0.3 is 0 Å². The summed E-state index contributed by atoms with van der Waals surface area (Å²) in [4.78, 5) is 14.9. The van der Waals surface area contributed by atoms with Crippen molar-refractivity contribution in [1.82, 2.24) is 24.7 Å². The average Bonchev–Trinajstić information content (AvgIpc) is 3.36. The molecule has 0 aliphatic heterocycles. The number of hydrogen-bond acceptors (Lipinski definition) is 7. The van der Waals surface area contributed by atoms with Gasteiger partial charge in [0, 0.05) is 24.0 Å². The van der Waals surface area contributed by atoms with Gasteiger partial charge < -0.3 is 10.6 Å². The molecular formula is C31H22F2N8. The molecule has 3 aromatic carbocycles. The Hall–Kier alpha value is -5.69. The molecule has 41 heavy (non-hydrogen) atoms. The smallest absolute Gasteiger partial charge is 0.165 e. The van der Waals surface area contributed by atoms with E-state index in [1.165, 1.54) is 18.5 Å². The molecule has 0 atom stereocenters. The monoisotopic (exact) mass is 544 g/mol. The molecular weight excluding hydrogens is 522 g/mol. The number of nitrogens with zero attached hydrogens (tertiary/aromatic N) is 7. The second-order valence-corrected chi connectivity index (χ2v) is 9.38. The van der Waals surface area contributed by atoms with Crippen LogP contribution in [-0.2, 0) is 13.1 Å². The van der Waals surface area contributed by atoms with Crippen molar-refractivity contribution >= 4 is 28.4 Å². The van der Waals surface area contributed by atoms with Crippen molar-refractivity contribution in [1.29, 1.82) is 5.26 Å². The fourth-order valence-electron chi connectivity index (χ4n) is 4.57. The van der Waals surface area contributed by atoms with Gasteiger partial charge in [-0.15, -0.1) is 0 Å². The lowest BCUT2D eigenvalue weighted by Crippen LogP contribution is -2.18. The Kier molecular flexibility index (Phi) is 6.75. The predicted octanol–water partition coefficient (Wildman–Crippen LogP) is 6.01. The Morgan fingerprint density at radius 1 is 0.829 bits per heavy atom. The van der Waals surface area contributed by atoms with Gasteiger partial charge in [0.05, 0.1) is 35.6 Å². The van der Waals surface area contributed by atoms with Crippen LogP contribution in [0.3, 0.4) is 0 Å². The molecule has 0 aliphatic rings. The minimum atomic E-state index is -0.923. The topological polar surface area (TPSA) is 110 Å². The van der Waals surface area contributed by atoms with Crippen LogP contribution in [-0.4, -0.2) is 24.7 Å². The minimum absolute atomic E-state index is 0.210. The van der Waals surface area contributed by atoms with E-state index in [1.807, 2.05) is 59.5 Å².